The topological polar surface area (TPSA) is 46.5 Å². The van der Waals surface area contributed by atoms with Crippen LogP contribution >= 0.6 is 0 Å². The molecule has 1 aromatic rings. The summed E-state index contributed by atoms with van der Waals surface area (Å²) in [6.45, 7) is 0. The molecule has 0 spiro atoms. The first-order valence-electron chi connectivity index (χ1n) is 3.69. The van der Waals surface area contributed by atoms with Crippen LogP contribution in [0, 0.1) is 0 Å². The van der Waals surface area contributed by atoms with Gasteiger partial charge in [0.25, 0.3) is 0 Å². The van der Waals surface area contributed by atoms with E-state index < -0.39 is 0 Å². The summed E-state index contributed by atoms with van der Waals surface area (Å²) < 4.78 is 2.05. The summed E-state index contributed by atoms with van der Waals surface area (Å²) in [4.78, 5) is 11.1. The van der Waals surface area contributed by atoms with Gasteiger partial charge in [-0.3, -0.25) is 0 Å². The van der Waals surface area contributed by atoms with Gasteiger partial charge in [0.2, 0.25) is 0 Å². The molecule has 2 aliphatic heterocycles. The molecule has 2 aliphatic rings. The van der Waals surface area contributed by atoms with Gasteiger partial charge in [-0.25, -0.2) is 9.97 Å². The van der Waals surface area contributed by atoms with Gasteiger partial charge in [-0.05, 0) is 6.07 Å². The molecule has 0 aromatic carbocycles. The van der Waals surface area contributed by atoms with Gasteiger partial charge in [-0.2, -0.15) is 0 Å². The second kappa shape index (κ2) is 1.85. The first-order valence-corrected chi connectivity index (χ1v) is 3.69. The van der Waals surface area contributed by atoms with Gasteiger partial charge in [0.15, 0.2) is 5.65 Å². The molecule has 0 saturated carbocycles. The average Bonchev–Trinajstić information content (AvgIpc) is 2.05. The predicted molar refractivity (Wildman–Crippen MR) is 44.4 cm³/mol. The van der Waals surface area contributed by atoms with Gasteiger partial charge in [0.05, 0.1) is 11.9 Å². The molecule has 3 rings (SSSR count). The summed E-state index contributed by atoms with van der Waals surface area (Å²) in [6, 6.07) is 2.03. The van der Waals surface area contributed by atoms with Crippen molar-refractivity contribution in [3.8, 4) is 5.69 Å². The first-order chi connectivity index (χ1) is 5.95. The Morgan fingerprint density at radius 3 is 3.25 bits per heavy atom. The summed E-state index contributed by atoms with van der Waals surface area (Å²) in [6.07, 6.45) is 7.25. The number of aromatic amines is 1. The van der Waals surface area contributed by atoms with Crippen LogP contribution < -0.4 is 0 Å². The van der Waals surface area contributed by atoms with E-state index in [4.69, 9.17) is 0 Å². The summed E-state index contributed by atoms with van der Waals surface area (Å²) in [7, 11) is 0. The fourth-order valence-electron chi connectivity index (χ4n) is 1.32. The van der Waals surface area contributed by atoms with Gasteiger partial charge in [-0.15, -0.1) is 0 Å². The van der Waals surface area contributed by atoms with Gasteiger partial charge < -0.3 is 9.55 Å². The molecule has 3 heterocycles. The second-order valence-electron chi connectivity index (χ2n) is 2.66. The van der Waals surface area contributed by atoms with Gasteiger partial charge in [-0.1, -0.05) is 0 Å². The lowest BCUT2D eigenvalue weighted by Crippen LogP contribution is -2.05. The Bertz CT molecular complexity index is 493. The molecule has 4 heteroatoms. The minimum absolute atomic E-state index is 0.859. The molecular formula is C8H6N4. The maximum atomic E-state index is 4.10. The highest BCUT2D eigenvalue weighted by molar-refractivity contribution is 5.72. The van der Waals surface area contributed by atoms with Crippen LogP contribution in [-0.4, -0.2) is 19.5 Å². The van der Waals surface area contributed by atoms with Crippen molar-refractivity contribution in [2.75, 3.05) is 0 Å². The van der Waals surface area contributed by atoms with Crippen LogP contribution in [0.25, 0.3) is 16.9 Å². The molecule has 0 amide bonds. The van der Waals surface area contributed by atoms with Crippen molar-refractivity contribution in [1.29, 1.82) is 0 Å². The van der Waals surface area contributed by atoms with Crippen molar-refractivity contribution in [2.45, 2.75) is 0 Å². The lowest BCUT2D eigenvalue weighted by atomic mass is 10.3. The van der Waals surface area contributed by atoms with Crippen LogP contribution in [0.4, 0.5) is 0 Å². The van der Waals surface area contributed by atoms with E-state index in [0.717, 1.165) is 16.9 Å². The highest BCUT2D eigenvalue weighted by Gasteiger charge is 2.06. The SMILES string of the molecule is c1ncc2c(n1)[nH]cc1ccn2-1. The Balaban J connectivity index is 2.57. The Hall–Kier alpha value is -1.84. The average molecular weight is 158 g/mol. The van der Waals surface area contributed by atoms with Gasteiger partial charge in [0.1, 0.15) is 11.8 Å². The van der Waals surface area contributed by atoms with Crippen LogP contribution in [0.1, 0.15) is 0 Å². The third-order valence-corrected chi connectivity index (χ3v) is 1.98. The van der Waals surface area contributed by atoms with Crippen molar-refractivity contribution in [1.82, 2.24) is 19.5 Å². The number of H-pyrrole nitrogens is 1. The number of fused-ring (bicyclic) bond motifs is 3. The minimum atomic E-state index is 0.859. The lowest BCUT2D eigenvalue weighted by molar-refractivity contribution is 0.995. The van der Waals surface area contributed by atoms with Crippen molar-refractivity contribution < 1.29 is 0 Å². The number of nitrogens with zero attached hydrogens (tertiary/aromatic N) is 3. The summed E-state index contributed by atoms with van der Waals surface area (Å²) in [5, 5.41) is 0. The lowest BCUT2D eigenvalue weighted by Gasteiger charge is -2.15. The molecule has 0 fully saturated rings. The van der Waals surface area contributed by atoms with E-state index in [1.165, 1.54) is 6.33 Å². The Kier molecular flexibility index (Phi) is 0.889. The molecule has 0 unspecified atom stereocenters. The van der Waals surface area contributed by atoms with Crippen molar-refractivity contribution >= 4 is 11.2 Å². The smallest absolute Gasteiger partial charge is 0.157 e. The Morgan fingerprint density at radius 2 is 2.42 bits per heavy atom. The van der Waals surface area contributed by atoms with Crippen LogP contribution in [0.5, 0.6) is 0 Å². The first kappa shape index (κ1) is 5.77. The van der Waals surface area contributed by atoms with Crippen LogP contribution in [0.2, 0.25) is 0 Å². The van der Waals surface area contributed by atoms with E-state index >= 15 is 0 Å². The molecule has 0 atom stereocenters. The van der Waals surface area contributed by atoms with E-state index in [9.17, 15) is 0 Å². The molecule has 0 aliphatic carbocycles. The van der Waals surface area contributed by atoms with E-state index in [1.807, 2.05) is 23.0 Å². The fraction of sp³-hybridized carbons (Fsp3) is 0. The molecule has 4 nitrogen and oxygen atoms in total. The molecular weight excluding hydrogens is 152 g/mol. The normalized spacial score (nSPS) is 11.3. The number of rotatable bonds is 0. The van der Waals surface area contributed by atoms with Crippen LogP contribution in [0.3, 0.4) is 0 Å². The van der Waals surface area contributed by atoms with Gasteiger partial charge in [0, 0.05) is 12.4 Å². The van der Waals surface area contributed by atoms with E-state index in [-0.39, 0.29) is 0 Å². The largest absolute Gasteiger partial charge is 0.343 e. The summed E-state index contributed by atoms with van der Waals surface area (Å²) >= 11 is 0. The number of aromatic nitrogens is 4. The molecule has 0 radical (unpaired) electrons. The summed E-state index contributed by atoms with van der Waals surface area (Å²) in [5.74, 6) is 0. The number of nitrogens with one attached hydrogen (secondary N) is 1. The quantitative estimate of drug-likeness (QED) is 0.534. The standard InChI is InChI=1S/C8H6N4/c1-2-12-6(1)3-10-8-7(12)4-9-5-11-8/h1-5H,(H,9,10,11). The maximum Gasteiger partial charge on any atom is 0.157 e. The third kappa shape index (κ3) is 0.567. The van der Waals surface area contributed by atoms with Crippen molar-refractivity contribution in [3.05, 3.63) is 31.0 Å². The van der Waals surface area contributed by atoms with E-state index in [2.05, 4.69) is 15.0 Å². The predicted octanol–water partition coefficient (Wildman–Crippen LogP) is 1.19. The molecule has 12 heavy (non-hydrogen) atoms. The highest BCUT2D eigenvalue weighted by Crippen LogP contribution is 2.18. The van der Waals surface area contributed by atoms with Crippen molar-refractivity contribution in [3.63, 3.8) is 0 Å². The molecule has 1 aromatic heterocycles. The molecule has 1 N–H and O–H groups in total. The Labute approximate surface area is 68.2 Å². The maximum absolute atomic E-state index is 4.10. The zero-order valence-electron chi connectivity index (χ0n) is 6.23. The zero-order valence-corrected chi connectivity index (χ0v) is 6.23. The fourth-order valence-corrected chi connectivity index (χ4v) is 1.32. The molecule has 58 valence electrons. The highest BCUT2D eigenvalue weighted by atomic mass is 15.1. The number of hydrogen-bond donors (Lipinski definition) is 1. The molecule has 0 saturated heterocycles. The van der Waals surface area contributed by atoms with Crippen molar-refractivity contribution in [2.24, 2.45) is 0 Å². The van der Waals surface area contributed by atoms with E-state index in [0.29, 0.717) is 0 Å². The van der Waals surface area contributed by atoms with Crippen LogP contribution in [-0.2, 0) is 0 Å². The van der Waals surface area contributed by atoms with Gasteiger partial charge >= 0.3 is 0 Å². The second-order valence-corrected chi connectivity index (χ2v) is 2.66. The van der Waals surface area contributed by atoms with E-state index in [1.54, 1.807) is 6.20 Å². The van der Waals surface area contributed by atoms with Crippen LogP contribution in [0.15, 0.2) is 31.0 Å². The monoisotopic (exact) mass is 158 g/mol. The zero-order chi connectivity index (χ0) is 7.97. The summed E-state index contributed by atoms with van der Waals surface area (Å²) in [5.41, 5.74) is 3.02. The minimum Gasteiger partial charge on any atom is -0.343 e. The third-order valence-electron chi connectivity index (χ3n) is 1.98. The molecule has 0 bridgehead atoms. The number of hydrogen-bond acceptors (Lipinski definition) is 2. The Morgan fingerprint density at radius 1 is 1.42 bits per heavy atom.